The molecule has 6 rings (SSSR count). The van der Waals surface area contributed by atoms with Crippen LogP contribution in [-0.2, 0) is 6.42 Å². The number of pyridine rings is 1. The number of thioether (sulfide) groups is 1. The summed E-state index contributed by atoms with van der Waals surface area (Å²) in [5, 5.41) is 16.7. The van der Waals surface area contributed by atoms with Crippen LogP contribution in [0.5, 0.6) is 0 Å². The maximum Gasteiger partial charge on any atom is 0.270 e. The summed E-state index contributed by atoms with van der Waals surface area (Å²) in [5.41, 5.74) is 6.05. The number of carbonyl (C=O) groups excluding carboxylic acids is 1. The van der Waals surface area contributed by atoms with Crippen molar-refractivity contribution in [2.45, 2.75) is 55.5 Å². The molecule has 0 spiro atoms. The summed E-state index contributed by atoms with van der Waals surface area (Å²) in [6.07, 6.45) is 13.9. The number of aliphatic hydroxyl groups excluding tert-OH is 1. The lowest BCUT2D eigenvalue weighted by molar-refractivity contribution is 0.0911. The third-order valence-corrected chi connectivity index (χ3v) is 8.46. The number of aryl methyl sites for hydroxylation is 1. The van der Waals surface area contributed by atoms with Gasteiger partial charge in [0.1, 0.15) is 5.69 Å². The Hall–Kier alpha value is -2.77. The summed E-state index contributed by atoms with van der Waals surface area (Å²) in [6.45, 7) is 0.805. The van der Waals surface area contributed by atoms with Crippen LogP contribution in [0.4, 0.5) is 5.69 Å². The Morgan fingerprint density at radius 2 is 2.00 bits per heavy atom. The van der Waals surface area contributed by atoms with E-state index in [1.807, 2.05) is 36.6 Å². The first kappa shape index (κ1) is 23.6. The van der Waals surface area contributed by atoms with Crippen molar-refractivity contribution in [3.8, 4) is 0 Å². The SMILES string of the molecule is CSc1ccc(C(CO)NC(=O)c2ccc3c(n2)CCCN3C2=CC(C3CC3)NC(C3CC3)=C2)cc1. The summed E-state index contributed by atoms with van der Waals surface area (Å²) in [4.78, 5) is 21.4. The number of benzene rings is 1. The molecule has 2 aromatic rings. The van der Waals surface area contributed by atoms with Gasteiger partial charge >= 0.3 is 0 Å². The number of aromatic nitrogens is 1. The number of nitrogens with zero attached hydrogens (tertiary/aromatic N) is 2. The zero-order valence-corrected chi connectivity index (χ0v) is 21.6. The zero-order chi connectivity index (χ0) is 24.6. The predicted molar refractivity (Wildman–Crippen MR) is 144 cm³/mol. The van der Waals surface area contributed by atoms with Gasteiger partial charge < -0.3 is 20.6 Å². The standard InChI is InChI=1S/C29H34N4O2S/c1-36-22-10-8-20(9-11-22)27(17-34)32-29(35)24-12-13-28-23(30-24)3-2-14-33(28)21-15-25(18-4-5-18)31-26(16-21)19-6-7-19/h8-13,15-16,18-19,25,27,31,34H,2-7,14,17H2,1H3,(H,32,35). The Labute approximate surface area is 217 Å². The molecule has 2 unspecified atom stereocenters. The quantitative estimate of drug-likeness (QED) is 0.459. The summed E-state index contributed by atoms with van der Waals surface area (Å²) in [7, 11) is 0. The van der Waals surface area contributed by atoms with E-state index in [0.717, 1.165) is 47.1 Å². The molecule has 2 saturated carbocycles. The Morgan fingerprint density at radius 1 is 1.19 bits per heavy atom. The number of nitrogens with one attached hydrogen (secondary N) is 2. The molecular formula is C29H34N4O2S. The number of allylic oxidation sites excluding steroid dienone is 2. The smallest absolute Gasteiger partial charge is 0.270 e. The number of aliphatic hydroxyl groups is 1. The van der Waals surface area contributed by atoms with Gasteiger partial charge in [-0.15, -0.1) is 11.8 Å². The highest BCUT2D eigenvalue weighted by Gasteiger charge is 2.37. The maximum absolute atomic E-state index is 13.1. The Morgan fingerprint density at radius 3 is 2.69 bits per heavy atom. The maximum atomic E-state index is 13.1. The topological polar surface area (TPSA) is 77.5 Å². The van der Waals surface area contributed by atoms with Crippen LogP contribution in [0.25, 0.3) is 0 Å². The first-order chi connectivity index (χ1) is 17.6. The molecule has 6 nitrogen and oxygen atoms in total. The van der Waals surface area contributed by atoms with Gasteiger partial charge in [0.15, 0.2) is 0 Å². The molecule has 0 radical (unpaired) electrons. The molecule has 3 N–H and O–H groups in total. The lowest BCUT2D eigenvalue weighted by Gasteiger charge is -2.35. The van der Waals surface area contributed by atoms with Gasteiger partial charge in [0.2, 0.25) is 0 Å². The molecule has 2 atom stereocenters. The van der Waals surface area contributed by atoms with E-state index in [1.54, 1.807) is 11.8 Å². The summed E-state index contributed by atoms with van der Waals surface area (Å²) >= 11 is 1.67. The Bertz CT molecular complexity index is 1200. The van der Waals surface area contributed by atoms with Crippen LogP contribution in [0, 0.1) is 11.8 Å². The lowest BCUT2D eigenvalue weighted by Crippen LogP contribution is -2.37. The molecule has 2 fully saturated rings. The highest BCUT2D eigenvalue weighted by molar-refractivity contribution is 7.98. The number of amides is 1. The van der Waals surface area contributed by atoms with Gasteiger partial charge in [-0.2, -0.15) is 0 Å². The van der Waals surface area contributed by atoms with Gasteiger partial charge in [-0.3, -0.25) is 4.79 Å². The van der Waals surface area contributed by atoms with Crippen molar-refractivity contribution in [2.75, 3.05) is 24.3 Å². The van der Waals surface area contributed by atoms with Crippen LogP contribution in [0.3, 0.4) is 0 Å². The lowest BCUT2D eigenvalue weighted by atomic mass is 10.0. The molecule has 7 heteroatoms. The minimum atomic E-state index is -0.465. The number of fused-ring (bicyclic) bond motifs is 1. The first-order valence-electron chi connectivity index (χ1n) is 13.2. The van der Waals surface area contributed by atoms with Gasteiger partial charge in [-0.05, 0) is 98.6 Å². The van der Waals surface area contributed by atoms with Crippen molar-refractivity contribution >= 4 is 23.4 Å². The highest BCUT2D eigenvalue weighted by atomic mass is 32.2. The van der Waals surface area contributed by atoms with Gasteiger partial charge in [-0.1, -0.05) is 12.1 Å². The second-order valence-corrected chi connectivity index (χ2v) is 11.3. The third kappa shape index (κ3) is 4.91. The van der Waals surface area contributed by atoms with Crippen LogP contribution in [0.15, 0.2) is 64.8 Å². The molecule has 188 valence electrons. The average Bonchev–Trinajstić information content (AvgIpc) is 3.84. The zero-order valence-electron chi connectivity index (χ0n) is 20.7. The third-order valence-electron chi connectivity index (χ3n) is 7.72. The molecule has 1 aromatic carbocycles. The number of hydrogen-bond acceptors (Lipinski definition) is 6. The van der Waals surface area contributed by atoms with Gasteiger partial charge in [0, 0.05) is 28.9 Å². The average molecular weight is 503 g/mol. The number of dihydropyridines is 1. The largest absolute Gasteiger partial charge is 0.394 e. The molecule has 2 aliphatic carbocycles. The van der Waals surface area contributed by atoms with Crippen LogP contribution in [0.1, 0.15) is 59.9 Å². The van der Waals surface area contributed by atoms with Crippen molar-refractivity contribution in [3.05, 3.63) is 76.9 Å². The fraction of sp³-hybridized carbons (Fsp3) is 0.448. The van der Waals surface area contributed by atoms with E-state index in [0.29, 0.717) is 17.7 Å². The van der Waals surface area contributed by atoms with Gasteiger partial charge in [-0.25, -0.2) is 4.98 Å². The van der Waals surface area contributed by atoms with Crippen molar-refractivity contribution < 1.29 is 9.90 Å². The number of hydrogen-bond donors (Lipinski definition) is 3. The Balaban J connectivity index is 1.22. The van der Waals surface area contributed by atoms with Crippen molar-refractivity contribution in [1.82, 2.24) is 15.6 Å². The van der Waals surface area contributed by atoms with E-state index in [-0.39, 0.29) is 12.5 Å². The monoisotopic (exact) mass is 502 g/mol. The van der Waals surface area contributed by atoms with E-state index in [2.05, 4.69) is 33.8 Å². The van der Waals surface area contributed by atoms with Crippen LogP contribution in [0.2, 0.25) is 0 Å². The van der Waals surface area contributed by atoms with Crippen LogP contribution in [-0.4, -0.2) is 41.4 Å². The second-order valence-electron chi connectivity index (χ2n) is 10.4. The first-order valence-corrected chi connectivity index (χ1v) is 14.4. The summed E-state index contributed by atoms with van der Waals surface area (Å²) in [6, 6.07) is 11.8. The van der Waals surface area contributed by atoms with E-state index in [9.17, 15) is 9.90 Å². The molecule has 1 amide bonds. The fourth-order valence-electron chi connectivity index (χ4n) is 5.32. The molecular weight excluding hydrogens is 468 g/mol. The summed E-state index contributed by atoms with van der Waals surface area (Å²) < 4.78 is 0. The minimum absolute atomic E-state index is 0.164. The van der Waals surface area contributed by atoms with Crippen molar-refractivity contribution in [2.24, 2.45) is 11.8 Å². The predicted octanol–water partition coefficient (Wildman–Crippen LogP) is 4.58. The summed E-state index contributed by atoms with van der Waals surface area (Å²) in [5.74, 6) is 1.20. The molecule has 36 heavy (non-hydrogen) atoms. The number of anilines is 1. The van der Waals surface area contributed by atoms with E-state index >= 15 is 0 Å². The van der Waals surface area contributed by atoms with E-state index in [1.165, 1.54) is 37.1 Å². The van der Waals surface area contributed by atoms with Crippen LogP contribution >= 0.6 is 11.8 Å². The van der Waals surface area contributed by atoms with Crippen LogP contribution < -0.4 is 15.5 Å². The number of carbonyl (C=O) groups is 1. The second kappa shape index (κ2) is 9.94. The molecule has 1 aromatic heterocycles. The van der Waals surface area contributed by atoms with Crippen molar-refractivity contribution in [1.29, 1.82) is 0 Å². The fourth-order valence-corrected chi connectivity index (χ4v) is 5.73. The van der Waals surface area contributed by atoms with Crippen molar-refractivity contribution in [3.63, 3.8) is 0 Å². The number of rotatable bonds is 8. The molecule has 0 saturated heterocycles. The van der Waals surface area contributed by atoms with Gasteiger partial charge in [0.25, 0.3) is 5.91 Å². The van der Waals surface area contributed by atoms with Gasteiger partial charge in [0.05, 0.1) is 24.0 Å². The normalized spacial score (nSPS) is 22.2. The molecule has 0 bridgehead atoms. The molecule has 3 heterocycles. The molecule has 4 aliphatic rings. The minimum Gasteiger partial charge on any atom is -0.394 e. The highest BCUT2D eigenvalue weighted by Crippen LogP contribution is 2.42. The van der Waals surface area contributed by atoms with E-state index < -0.39 is 6.04 Å². The van der Waals surface area contributed by atoms with E-state index in [4.69, 9.17) is 4.98 Å². The molecule has 2 aliphatic heterocycles. The Kier molecular flexibility index (Phi) is 6.52.